The van der Waals surface area contributed by atoms with E-state index >= 15 is 0 Å². The number of hydrogen-bond donors (Lipinski definition) is 1. The highest BCUT2D eigenvalue weighted by molar-refractivity contribution is 6.62. The number of morpholine rings is 1. The summed E-state index contributed by atoms with van der Waals surface area (Å²) in [4.78, 5) is 10.3. The van der Waals surface area contributed by atoms with Gasteiger partial charge in [-0.15, -0.1) is 0 Å². The molecule has 3 heterocycles. The van der Waals surface area contributed by atoms with Gasteiger partial charge in [0, 0.05) is 13.1 Å². The number of anilines is 1. The first-order chi connectivity index (χ1) is 11.4. The van der Waals surface area contributed by atoms with Crippen molar-refractivity contribution in [1.82, 2.24) is 9.97 Å². The molecule has 1 aromatic heterocycles. The van der Waals surface area contributed by atoms with Crippen molar-refractivity contribution in [2.24, 2.45) is 0 Å². The Balaban J connectivity index is 1.62. The Morgan fingerprint density at radius 3 is 2.42 bits per heavy atom. The highest BCUT2D eigenvalue weighted by Crippen LogP contribution is 2.36. The third-order valence-corrected chi connectivity index (χ3v) is 5.33. The zero-order valence-electron chi connectivity index (χ0n) is 14.8. The van der Waals surface area contributed by atoms with Gasteiger partial charge in [-0.05, 0) is 45.3 Å². The SMILES string of the molecule is CC1(C)OB(c2ccc3nc(N4CCOCC4)[nH]c3c2)OC1(C)C. The number of rotatable bonds is 2. The van der Waals surface area contributed by atoms with Crippen LogP contribution < -0.4 is 10.4 Å². The van der Waals surface area contributed by atoms with Crippen LogP contribution in [0, 0.1) is 0 Å². The van der Waals surface area contributed by atoms with Gasteiger partial charge in [0.05, 0.1) is 35.4 Å². The molecule has 0 radical (unpaired) electrons. The van der Waals surface area contributed by atoms with E-state index in [1.807, 2.05) is 12.1 Å². The van der Waals surface area contributed by atoms with Gasteiger partial charge in [-0.1, -0.05) is 6.07 Å². The summed E-state index contributed by atoms with van der Waals surface area (Å²) in [6, 6.07) is 6.14. The molecule has 6 nitrogen and oxygen atoms in total. The standard InChI is InChI=1S/C17H24BN3O3/c1-16(2)17(3,4)24-18(23-16)12-5-6-13-14(11-12)20-15(19-13)21-7-9-22-10-8-21/h5-6,11H,7-10H2,1-4H3,(H,19,20). The lowest BCUT2D eigenvalue weighted by Gasteiger charge is -2.32. The van der Waals surface area contributed by atoms with E-state index < -0.39 is 0 Å². The van der Waals surface area contributed by atoms with Crippen LogP contribution in [0.25, 0.3) is 11.0 Å². The molecule has 0 bridgehead atoms. The molecular weight excluding hydrogens is 305 g/mol. The molecule has 0 spiro atoms. The van der Waals surface area contributed by atoms with Crippen LogP contribution in [-0.4, -0.2) is 54.6 Å². The van der Waals surface area contributed by atoms with Gasteiger partial charge in [0.15, 0.2) is 0 Å². The molecule has 4 rings (SSSR count). The van der Waals surface area contributed by atoms with Crippen molar-refractivity contribution in [3.63, 3.8) is 0 Å². The highest BCUT2D eigenvalue weighted by Gasteiger charge is 2.51. The van der Waals surface area contributed by atoms with E-state index in [9.17, 15) is 0 Å². The fourth-order valence-electron chi connectivity index (χ4n) is 3.06. The molecule has 7 heteroatoms. The number of aromatic nitrogens is 2. The maximum absolute atomic E-state index is 6.14. The minimum absolute atomic E-state index is 0.334. The van der Waals surface area contributed by atoms with Crippen molar-refractivity contribution in [3.8, 4) is 0 Å². The summed E-state index contributed by atoms with van der Waals surface area (Å²) in [7, 11) is -0.352. The quantitative estimate of drug-likeness (QED) is 0.850. The van der Waals surface area contributed by atoms with Crippen LogP contribution >= 0.6 is 0 Å². The number of H-pyrrole nitrogens is 1. The molecule has 2 fully saturated rings. The Bertz CT molecular complexity index is 737. The van der Waals surface area contributed by atoms with Gasteiger partial charge in [-0.3, -0.25) is 0 Å². The minimum Gasteiger partial charge on any atom is -0.399 e. The lowest BCUT2D eigenvalue weighted by Crippen LogP contribution is -2.41. The number of benzene rings is 1. The van der Waals surface area contributed by atoms with Gasteiger partial charge in [-0.2, -0.15) is 0 Å². The minimum atomic E-state index is -0.352. The normalized spacial score (nSPS) is 23.2. The molecule has 2 saturated heterocycles. The van der Waals surface area contributed by atoms with Crippen LogP contribution in [0.4, 0.5) is 5.95 Å². The molecule has 2 aromatic rings. The Labute approximate surface area is 142 Å². The number of aromatic amines is 1. The Kier molecular flexibility index (Phi) is 3.63. The third-order valence-electron chi connectivity index (χ3n) is 5.33. The highest BCUT2D eigenvalue weighted by atomic mass is 16.7. The van der Waals surface area contributed by atoms with Gasteiger partial charge in [-0.25, -0.2) is 4.98 Å². The summed E-state index contributed by atoms with van der Waals surface area (Å²) in [6.45, 7) is 11.5. The molecular formula is C17H24BN3O3. The van der Waals surface area contributed by atoms with Crippen LogP contribution in [0.1, 0.15) is 27.7 Å². The molecule has 2 aliphatic heterocycles. The Hall–Kier alpha value is -1.57. The second-order valence-electron chi connectivity index (χ2n) is 7.52. The van der Waals surface area contributed by atoms with Gasteiger partial charge in [0.25, 0.3) is 0 Å². The van der Waals surface area contributed by atoms with E-state index in [1.54, 1.807) is 0 Å². The van der Waals surface area contributed by atoms with E-state index in [0.29, 0.717) is 0 Å². The van der Waals surface area contributed by atoms with E-state index in [2.05, 4.69) is 43.6 Å². The van der Waals surface area contributed by atoms with Crippen molar-refractivity contribution >= 4 is 29.6 Å². The first kappa shape index (κ1) is 15.9. The summed E-state index contributed by atoms with van der Waals surface area (Å²) in [6.07, 6.45) is 0. The molecule has 0 unspecified atom stereocenters. The first-order valence-corrected chi connectivity index (χ1v) is 8.54. The second kappa shape index (κ2) is 5.47. The van der Waals surface area contributed by atoms with Crippen molar-refractivity contribution < 1.29 is 14.0 Å². The molecule has 1 N–H and O–H groups in total. The number of ether oxygens (including phenoxy) is 1. The van der Waals surface area contributed by atoms with Crippen LogP contribution in [0.3, 0.4) is 0 Å². The smallest absolute Gasteiger partial charge is 0.399 e. The number of nitrogens with one attached hydrogen (secondary N) is 1. The van der Waals surface area contributed by atoms with E-state index in [-0.39, 0.29) is 18.3 Å². The molecule has 0 saturated carbocycles. The van der Waals surface area contributed by atoms with Crippen molar-refractivity contribution in [1.29, 1.82) is 0 Å². The van der Waals surface area contributed by atoms with Gasteiger partial charge >= 0.3 is 7.12 Å². The molecule has 2 aliphatic rings. The average Bonchev–Trinajstić information content (AvgIpc) is 3.06. The Morgan fingerprint density at radius 1 is 1.08 bits per heavy atom. The van der Waals surface area contributed by atoms with Crippen molar-refractivity contribution in [3.05, 3.63) is 18.2 Å². The topological polar surface area (TPSA) is 59.6 Å². The third kappa shape index (κ3) is 2.60. The van der Waals surface area contributed by atoms with E-state index in [4.69, 9.17) is 19.0 Å². The molecule has 0 atom stereocenters. The zero-order valence-corrected chi connectivity index (χ0v) is 14.8. The fraction of sp³-hybridized carbons (Fsp3) is 0.588. The second-order valence-corrected chi connectivity index (χ2v) is 7.52. The van der Waals surface area contributed by atoms with Gasteiger partial charge in [0.2, 0.25) is 5.95 Å². The van der Waals surface area contributed by atoms with E-state index in [0.717, 1.165) is 48.7 Å². The maximum Gasteiger partial charge on any atom is 0.494 e. The molecule has 1 aromatic carbocycles. The predicted octanol–water partition coefficient (Wildman–Crippen LogP) is 1.70. The lowest BCUT2D eigenvalue weighted by molar-refractivity contribution is 0.00578. The summed E-state index contributed by atoms with van der Waals surface area (Å²) < 4.78 is 17.7. The summed E-state index contributed by atoms with van der Waals surface area (Å²) >= 11 is 0. The van der Waals surface area contributed by atoms with Gasteiger partial charge < -0.3 is 23.9 Å². The monoisotopic (exact) mass is 329 g/mol. The summed E-state index contributed by atoms with van der Waals surface area (Å²) in [5.74, 6) is 0.902. The van der Waals surface area contributed by atoms with Crippen LogP contribution in [-0.2, 0) is 14.0 Å². The van der Waals surface area contributed by atoms with Gasteiger partial charge in [0.1, 0.15) is 0 Å². The zero-order chi connectivity index (χ0) is 16.9. The Morgan fingerprint density at radius 2 is 1.75 bits per heavy atom. The predicted molar refractivity (Wildman–Crippen MR) is 94.8 cm³/mol. The van der Waals surface area contributed by atoms with Crippen LogP contribution in [0.15, 0.2) is 18.2 Å². The van der Waals surface area contributed by atoms with Crippen molar-refractivity contribution in [2.75, 3.05) is 31.2 Å². The fourth-order valence-corrected chi connectivity index (χ4v) is 3.06. The largest absolute Gasteiger partial charge is 0.494 e. The summed E-state index contributed by atoms with van der Waals surface area (Å²) in [5.41, 5.74) is 2.30. The molecule has 0 amide bonds. The summed E-state index contributed by atoms with van der Waals surface area (Å²) in [5, 5.41) is 0. The lowest BCUT2D eigenvalue weighted by atomic mass is 9.79. The van der Waals surface area contributed by atoms with Crippen LogP contribution in [0.2, 0.25) is 0 Å². The average molecular weight is 329 g/mol. The first-order valence-electron chi connectivity index (χ1n) is 8.54. The molecule has 0 aliphatic carbocycles. The number of imidazole rings is 1. The number of fused-ring (bicyclic) bond motifs is 1. The number of hydrogen-bond acceptors (Lipinski definition) is 5. The maximum atomic E-state index is 6.14. The molecule has 128 valence electrons. The molecule has 24 heavy (non-hydrogen) atoms. The van der Waals surface area contributed by atoms with E-state index in [1.165, 1.54) is 0 Å². The van der Waals surface area contributed by atoms with Crippen molar-refractivity contribution in [2.45, 2.75) is 38.9 Å². The van der Waals surface area contributed by atoms with Crippen LogP contribution in [0.5, 0.6) is 0 Å². The number of nitrogens with zero attached hydrogens (tertiary/aromatic N) is 2.